The molecule has 0 amide bonds. The third-order valence-electron chi connectivity index (χ3n) is 4.11. The highest BCUT2D eigenvalue weighted by Crippen LogP contribution is 2.51. The first-order chi connectivity index (χ1) is 19.8. The number of hydrogen-bond acceptors (Lipinski definition) is 7. The molecule has 1 N–H and O–H groups in total. The standard InChI is InChI=1S/C21H17F15O7/c1-2-41-43-42-10(8-38-4-3-37)9-39-5-6-40-19(31,20(32,33)21(34,35)36)18(30)17(29)16(28)15(27)14(26)13(25)12(24)11(23)7-22/h2-4,10,37H,1,5-9H2/b4-3-,12-11+,14-13+,16-15+,18-17+. The highest BCUT2D eigenvalue weighted by Gasteiger charge is 2.75. The van der Waals surface area contributed by atoms with Gasteiger partial charge in [0.25, 0.3) is 0 Å². The fraction of sp³-hybridized carbons (Fsp3) is 0.429. The van der Waals surface area contributed by atoms with Gasteiger partial charge >= 0.3 is 18.0 Å². The predicted octanol–water partition coefficient (Wildman–Crippen LogP) is 7.89. The quantitative estimate of drug-likeness (QED) is 0.0376. The molecule has 0 aromatic rings. The number of hydrogen-bond donors (Lipinski definition) is 1. The van der Waals surface area contributed by atoms with Crippen LogP contribution in [0.5, 0.6) is 0 Å². The predicted molar refractivity (Wildman–Crippen MR) is 110 cm³/mol. The van der Waals surface area contributed by atoms with Crippen molar-refractivity contribution < 1.29 is 100.0 Å². The van der Waals surface area contributed by atoms with E-state index in [-0.39, 0.29) is 0 Å². The van der Waals surface area contributed by atoms with E-state index in [4.69, 9.17) is 5.11 Å². The van der Waals surface area contributed by atoms with E-state index in [1.54, 1.807) is 0 Å². The molecule has 7 nitrogen and oxygen atoms in total. The molecule has 0 aliphatic carbocycles. The molecule has 22 heteroatoms. The first-order valence-electron chi connectivity index (χ1n) is 10.5. The first-order valence-corrected chi connectivity index (χ1v) is 10.5. The Labute approximate surface area is 230 Å². The van der Waals surface area contributed by atoms with Gasteiger partial charge in [-0.2, -0.15) is 31.2 Å². The summed E-state index contributed by atoms with van der Waals surface area (Å²) in [7, 11) is 0. The fourth-order valence-electron chi connectivity index (χ4n) is 2.15. The second-order valence-corrected chi connectivity index (χ2v) is 6.99. The average Bonchev–Trinajstić information content (AvgIpc) is 2.96. The largest absolute Gasteiger partial charge is 0.512 e. The summed E-state index contributed by atoms with van der Waals surface area (Å²) in [5, 5.41) is 12.5. The Morgan fingerprint density at radius 3 is 1.79 bits per heavy atom. The van der Waals surface area contributed by atoms with Crippen molar-refractivity contribution in [2.24, 2.45) is 0 Å². The Morgan fingerprint density at radius 1 is 0.767 bits per heavy atom. The Hall–Kier alpha value is -3.37. The van der Waals surface area contributed by atoms with Gasteiger partial charge in [0, 0.05) is 0 Å². The summed E-state index contributed by atoms with van der Waals surface area (Å²) >= 11 is 0. The van der Waals surface area contributed by atoms with Gasteiger partial charge in [-0.05, 0) is 5.04 Å². The third kappa shape index (κ3) is 10.7. The van der Waals surface area contributed by atoms with Crippen molar-refractivity contribution in [3.63, 3.8) is 0 Å². The van der Waals surface area contributed by atoms with E-state index < -0.39 is 104 Å². The summed E-state index contributed by atoms with van der Waals surface area (Å²) in [6.07, 6.45) is -6.78. The molecule has 2 unspecified atom stereocenters. The van der Waals surface area contributed by atoms with E-state index in [2.05, 4.69) is 35.6 Å². The first kappa shape index (κ1) is 39.6. The van der Waals surface area contributed by atoms with Gasteiger partial charge in [0.1, 0.15) is 32.1 Å². The molecule has 0 aromatic heterocycles. The zero-order chi connectivity index (χ0) is 33.6. The van der Waals surface area contributed by atoms with Crippen molar-refractivity contribution in [1.82, 2.24) is 0 Å². The molecule has 0 aromatic carbocycles. The lowest BCUT2D eigenvalue weighted by molar-refractivity contribution is -0.508. The number of allylic oxidation sites excluding steroid dienone is 7. The van der Waals surface area contributed by atoms with Crippen LogP contribution in [0.15, 0.2) is 72.0 Å². The van der Waals surface area contributed by atoms with Gasteiger partial charge < -0.3 is 24.2 Å². The number of alkyl halides is 7. The van der Waals surface area contributed by atoms with Crippen molar-refractivity contribution in [3.05, 3.63) is 72.0 Å². The summed E-state index contributed by atoms with van der Waals surface area (Å²) in [5.74, 6) is -42.4. The van der Waals surface area contributed by atoms with Crippen LogP contribution in [0.2, 0.25) is 0 Å². The van der Waals surface area contributed by atoms with Crippen LogP contribution in [0.25, 0.3) is 0 Å². The van der Waals surface area contributed by atoms with Crippen LogP contribution in [0.3, 0.4) is 0 Å². The summed E-state index contributed by atoms with van der Waals surface area (Å²) in [6, 6.07) is 0. The van der Waals surface area contributed by atoms with E-state index in [1.807, 2.05) is 0 Å². The number of ether oxygens (including phenoxy) is 3. The van der Waals surface area contributed by atoms with Crippen LogP contribution in [-0.2, 0) is 29.0 Å². The number of aliphatic hydroxyl groups excluding tert-OH is 1. The second-order valence-electron chi connectivity index (χ2n) is 6.99. The molecule has 248 valence electrons. The zero-order valence-corrected chi connectivity index (χ0v) is 20.6. The smallest absolute Gasteiger partial charge is 0.460 e. The number of aliphatic hydroxyl groups is 1. The van der Waals surface area contributed by atoms with Crippen molar-refractivity contribution in [1.29, 1.82) is 0 Å². The molecule has 0 bridgehead atoms. The highest BCUT2D eigenvalue weighted by molar-refractivity contribution is 5.39. The molecule has 0 radical (unpaired) electrons. The lowest BCUT2D eigenvalue weighted by Gasteiger charge is -2.33. The molecular formula is C21H17F15O7. The maximum Gasteiger partial charge on any atom is 0.460 e. The van der Waals surface area contributed by atoms with E-state index in [0.29, 0.717) is 18.8 Å². The summed E-state index contributed by atoms with van der Waals surface area (Å²) < 4.78 is 214. The molecular weight excluding hydrogens is 649 g/mol. The molecule has 43 heavy (non-hydrogen) atoms. The molecule has 0 heterocycles. The summed E-state index contributed by atoms with van der Waals surface area (Å²) in [5.41, 5.74) is 0. The molecule has 0 aliphatic heterocycles. The van der Waals surface area contributed by atoms with Gasteiger partial charge in [0.05, 0.1) is 19.8 Å². The molecule has 0 rings (SSSR count). The minimum Gasteiger partial charge on any atom is -0.512 e. The van der Waals surface area contributed by atoms with Crippen LogP contribution in [0, 0.1) is 0 Å². The molecule has 0 spiro atoms. The molecule has 0 fully saturated rings. The number of halogens is 15. The average molecular weight is 666 g/mol. The molecule has 0 aliphatic rings. The van der Waals surface area contributed by atoms with Gasteiger partial charge in [0.2, 0.25) is 23.3 Å². The van der Waals surface area contributed by atoms with Crippen LogP contribution in [-0.4, -0.2) is 62.3 Å². The summed E-state index contributed by atoms with van der Waals surface area (Å²) in [6.45, 7) is -3.97. The Bertz CT molecular complexity index is 1090. The lowest BCUT2D eigenvalue weighted by Crippen LogP contribution is -2.57. The minimum absolute atomic E-state index is 0.392. The molecule has 0 saturated heterocycles. The van der Waals surface area contributed by atoms with Crippen molar-refractivity contribution in [2.75, 3.05) is 33.1 Å². The lowest BCUT2D eigenvalue weighted by atomic mass is 10.1. The van der Waals surface area contributed by atoms with Crippen LogP contribution < -0.4 is 0 Å². The SMILES string of the molecule is C=COOOC(CO/C=C\O)COCCOC(F)(/C(F)=C(F)/C(F)=C(F)/C(F)=C(F)/C(F)=C(\F)CF)C(F)(F)C(F)(F)F. The van der Waals surface area contributed by atoms with Gasteiger partial charge in [-0.3, -0.25) is 0 Å². The van der Waals surface area contributed by atoms with Crippen molar-refractivity contribution in [3.8, 4) is 0 Å². The monoisotopic (exact) mass is 666 g/mol. The van der Waals surface area contributed by atoms with Crippen LogP contribution in [0.4, 0.5) is 65.9 Å². The topological polar surface area (TPSA) is 75.6 Å². The van der Waals surface area contributed by atoms with Crippen molar-refractivity contribution >= 4 is 0 Å². The maximum atomic E-state index is 14.8. The third-order valence-corrected chi connectivity index (χ3v) is 4.11. The highest BCUT2D eigenvalue weighted by atomic mass is 19.4. The van der Waals surface area contributed by atoms with Gasteiger partial charge in [-0.25, -0.2) is 39.5 Å². The Kier molecular flexibility index (Phi) is 16.3. The molecule has 2 atom stereocenters. The van der Waals surface area contributed by atoms with Gasteiger partial charge in [0.15, 0.2) is 29.4 Å². The second kappa shape index (κ2) is 17.7. The Balaban J connectivity index is 6.25. The van der Waals surface area contributed by atoms with Gasteiger partial charge in [-0.15, -0.1) is 0 Å². The number of rotatable bonds is 19. The van der Waals surface area contributed by atoms with Crippen LogP contribution >= 0.6 is 0 Å². The van der Waals surface area contributed by atoms with Crippen molar-refractivity contribution in [2.45, 2.75) is 24.1 Å². The van der Waals surface area contributed by atoms with E-state index >= 15 is 0 Å². The maximum absolute atomic E-state index is 14.8. The zero-order valence-electron chi connectivity index (χ0n) is 20.6. The van der Waals surface area contributed by atoms with E-state index in [1.165, 1.54) is 0 Å². The normalized spacial score (nSPS) is 17.4. The van der Waals surface area contributed by atoms with Crippen LogP contribution in [0.1, 0.15) is 0 Å². The minimum atomic E-state index is -7.15. The van der Waals surface area contributed by atoms with E-state index in [0.717, 1.165) is 0 Å². The summed E-state index contributed by atoms with van der Waals surface area (Å²) in [4.78, 5) is 8.60. The molecule has 0 saturated carbocycles. The Morgan fingerprint density at radius 2 is 1.30 bits per heavy atom. The van der Waals surface area contributed by atoms with E-state index in [9.17, 15) is 65.9 Å². The van der Waals surface area contributed by atoms with Gasteiger partial charge in [-0.1, -0.05) is 6.58 Å². The fourth-order valence-corrected chi connectivity index (χ4v) is 2.15.